The van der Waals surface area contributed by atoms with Gasteiger partial charge in [-0.05, 0) is 26.7 Å². The van der Waals surface area contributed by atoms with Crippen LogP contribution in [-0.2, 0) is 6.54 Å². The highest BCUT2D eigenvalue weighted by molar-refractivity contribution is 5.13. The first kappa shape index (κ1) is 14.0. The lowest BCUT2D eigenvalue weighted by Gasteiger charge is -2.14. The molecule has 1 atom stereocenters. The molecule has 0 aromatic carbocycles. The Morgan fingerprint density at radius 1 is 1.47 bits per heavy atom. The van der Waals surface area contributed by atoms with Crippen molar-refractivity contribution in [2.45, 2.75) is 51.9 Å². The van der Waals surface area contributed by atoms with Crippen molar-refractivity contribution < 1.29 is 13.2 Å². The summed E-state index contributed by atoms with van der Waals surface area (Å²) in [5, 5.41) is 9.88. The third-order valence-corrected chi connectivity index (χ3v) is 2.67. The molecule has 0 aliphatic carbocycles. The van der Waals surface area contributed by atoms with Crippen LogP contribution in [0.1, 0.15) is 37.4 Å². The SMILES string of the molecule is Cc1[nH]ncc1CNC(C)CCCC(F)(F)F. The summed E-state index contributed by atoms with van der Waals surface area (Å²) < 4.78 is 35.8. The number of hydrogen-bond donors (Lipinski definition) is 2. The summed E-state index contributed by atoms with van der Waals surface area (Å²) in [6.45, 7) is 4.44. The zero-order chi connectivity index (χ0) is 12.9. The summed E-state index contributed by atoms with van der Waals surface area (Å²) in [5.41, 5.74) is 2.03. The maximum absolute atomic E-state index is 11.9. The molecular weight excluding hydrogens is 231 g/mol. The number of nitrogens with one attached hydrogen (secondary N) is 2. The van der Waals surface area contributed by atoms with Crippen LogP contribution in [0.5, 0.6) is 0 Å². The van der Waals surface area contributed by atoms with Crippen molar-refractivity contribution in [3.63, 3.8) is 0 Å². The molecule has 0 radical (unpaired) electrons. The first-order valence-corrected chi connectivity index (χ1v) is 5.67. The van der Waals surface area contributed by atoms with Crippen molar-refractivity contribution >= 4 is 0 Å². The Bertz CT molecular complexity index is 333. The first-order valence-electron chi connectivity index (χ1n) is 5.67. The Labute approximate surface area is 98.8 Å². The van der Waals surface area contributed by atoms with E-state index in [4.69, 9.17) is 0 Å². The average Bonchev–Trinajstić information content (AvgIpc) is 2.59. The molecule has 0 spiro atoms. The molecule has 0 bridgehead atoms. The van der Waals surface area contributed by atoms with E-state index in [0.29, 0.717) is 13.0 Å². The van der Waals surface area contributed by atoms with Gasteiger partial charge in [0.05, 0.1) is 6.20 Å². The number of alkyl halides is 3. The second-order valence-corrected chi connectivity index (χ2v) is 4.31. The molecule has 1 aromatic heterocycles. The third-order valence-electron chi connectivity index (χ3n) is 2.67. The van der Waals surface area contributed by atoms with Crippen LogP contribution in [-0.4, -0.2) is 22.4 Å². The van der Waals surface area contributed by atoms with Gasteiger partial charge in [-0.1, -0.05) is 0 Å². The molecule has 2 N–H and O–H groups in total. The summed E-state index contributed by atoms with van der Waals surface area (Å²) in [6.07, 6.45) is -2.33. The van der Waals surface area contributed by atoms with Crippen molar-refractivity contribution in [3.8, 4) is 0 Å². The largest absolute Gasteiger partial charge is 0.389 e. The Hall–Kier alpha value is -1.04. The van der Waals surface area contributed by atoms with E-state index < -0.39 is 12.6 Å². The Morgan fingerprint density at radius 3 is 2.71 bits per heavy atom. The number of halogens is 3. The van der Waals surface area contributed by atoms with Gasteiger partial charge in [0.1, 0.15) is 0 Å². The van der Waals surface area contributed by atoms with Crippen LogP contribution in [0.25, 0.3) is 0 Å². The van der Waals surface area contributed by atoms with Gasteiger partial charge in [0.2, 0.25) is 0 Å². The molecule has 0 saturated heterocycles. The monoisotopic (exact) mass is 249 g/mol. The summed E-state index contributed by atoms with van der Waals surface area (Å²) in [7, 11) is 0. The lowest BCUT2D eigenvalue weighted by Crippen LogP contribution is -2.26. The summed E-state index contributed by atoms with van der Waals surface area (Å²) in [5.74, 6) is 0. The normalized spacial score (nSPS) is 13.9. The van der Waals surface area contributed by atoms with Crippen LogP contribution in [0.15, 0.2) is 6.20 Å². The standard InChI is InChI=1S/C11H18F3N3/c1-8(4-3-5-11(12,13)14)15-6-10-7-16-17-9(10)2/h7-8,15H,3-6H2,1-2H3,(H,16,17). The molecular formula is C11H18F3N3. The van der Waals surface area contributed by atoms with Crippen molar-refractivity contribution in [2.75, 3.05) is 0 Å². The average molecular weight is 249 g/mol. The van der Waals surface area contributed by atoms with Gasteiger partial charge in [-0.2, -0.15) is 18.3 Å². The smallest absolute Gasteiger partial charge is 0.310 e. The van der Waals surface area contributed by atoms with Crippen molar-refractivity contribution in [1.82, 2.24) is 15.5 Å². The van der Waals surface area contributed by atoms with Crippen LogP contribution in [0.4, 0.5) is 13.2 Å². The van der Waals surface area contributed by atoms with Gasteiger partial charge in [-0.25, -0.2) is 0 Å². The van der Waals surface area contributed by atoms with Gasteiger partial charge < -0.3 is 5.32 Å². The lowest BCUT2D eigenvalue weighted by atomic mass is 10.1. The molecule has 17 heavy (non-hydrogen) atoms. The number of aromatic amines is 1. The predicted molar refractivity (Wildman–Crippen MR) is 59.5 cm³/mol. The number of hydrogen-bond acceptors (Lipinski definition) is 2. The fourth-order valence-corrected chi connectivity index (χ4v) is 1.55. The highest BCUT2D eigenvalue weighted by atomic mass is 19.4. The molecule has 0 aliphatic rings. The topological polar surface area (TPSA) is 40.7 Å². The Morgan fingerprint density at radius 2 is 2.18 bits per heavy atom. The number of H-pyrrole nitrogens is 1. The van der Waals surface area contributed by atoms with Gasteiger partial charge in [-0.3, -0.25) is 5.10 Å². The second-order valence-electron chi connectivity index (χ2n) is 4.31. The van der Waals surface area contributed by atoms with Crippen molar-refractivity contribution in [1.29, 1.82) is 0 Å². The fraction of sp³-hybridized carbons (Fsp3) is 0.727. The molecule has 3 nitrogen and oxygen atoms in total. The maximum Gasteiger partial charge on any atom is 0.389 e. The molecule has 0 amide bonds. The van der Waals surface area contributed by atoms with E-state index in [1.54, 1.807) is 6.20 Å². The lowest BCUT2D eigenvalue weighted by molar-refractivity contribution is -0.135. The molecule has 0 fully saturated rings. The van der Waals surface area contributed by atoms with Crippen LogP contribution in [0.3, 0.4) is 0 Å². The molecule has 1 aromatic rings. The predicted octanol–water partition coefficient (Wildman–Crippen LogP) is 2.93. The molecule has 1 rings (SSSR count). The van der Waals surface area contributed by atoms with Crippen molar-refractivity contribution in [3.05, 3.63) is 17.5 Å². The fourth-order valence-electron chi connectivity index (χ4n) is 1.55. The van der Waals surface area contributed by atoms with E-state index in [9.17, 15) is 13.2 Å². The van der Waals surface area contributed by atoms with Gasteiger partial charge in [0.15, 0.2) is 0 Å². The van der Waals surface area contributed by atoms with E-state index >= 15 is 0 Å². The summed E-state index contributed by atoms with van der Waals surface area (Å²) >= 11 is 0. The van der Waals surface area contributed by atoms with Crippen LogP contribution >= 0.6 is 0 Å². The quantitative estimate of drug-likeness (QED) is 0.813. The maximum atomic E-state index is 11.9. The zero-order valence-corrected chi connectivity index (χ0v) is 10.1. The molecule has 1 heterocycles. The minimum Gasteiger partial charge on any atom is -0.310 e. The second kappa shape index (κ2) is 6.05. The molecule has 0 saturated carbocycles. The summed E-state index contributed by atoms with van der Waals surface area (Å²) in [4.78, 5) is 0. The zero-order valence-electron chi connectivity index (χ0n) is 10.1. The van der Waals surface area contributed by atoms with Gasteiger partial charge >= 0.3 is 6.18 Å². The highest BCUT2D eigenvalue weighted by Gasteiger charge is 2.26. The Balaban J connectivity index is 2.18. The molecule has 6 heteroatoms. The third kappa shape index (κ3) is 5.72. The van der Waals surface area contributed by atoms with E-state index in [2.05, 4.69) is 15.5 Å². The number of aromatic nitrogens is 2. The van der Waals surface area contributed by atoms with Crippen LogP contribution in [0.2, 0.25) is 0 Å². The molecule has 0 aliphatic heterocycles. The first-order chi connectivity index (χ1) is 7.88. The van der Waals surface area contributed by atoms with Gasteiger partial charge in [0, 0.05) is 30.3 Å². The minimum absolute atomic E-state index is 0.0756. The molecule has 98 valence electrons. The number of nitrogens with zero attached hydrogens (tertiary/aromatic N) is 1. The molecule has 1 unspecified atom stereocenters. The van der Waals surface area contributed by atoms with Crippen LogP contribution in [0, 0.1) is 6.92 Å². The van der Waals surface area contributed by atoms with E-state index in [0.717, 1.165) is 11.3 Å². The van der Waals surface area contributed by atoms with Crippen LogP contribution < -0.4 is 5.32 Å². The Kier molecular flexibility index (Phi) is 4.99. The van der Waals surface area contributed by atoms with E-state index in [-0.39, 0.29) is 12.5 Å². The van der Waals surface area contributed by atoms with Gasteiger partial charge in [-0.15, -0.1) is 0 Å². The van der Waals surface area contributed by atoms with E-state index in [1.807, 2.05) is 13.8 Å². The van der Waals surface area contributed by atoms with Gasteiger partial charge in [0.25, 0.3) is 0 Å². The number of rotatable bonds is 6. The number of aryl methyl sites for hydroxylation is 1. The minimum atomic E-state index is -4.04. The van der Waals surface area contributed by atoms with E-state index in [1.165, 1.54) is 0 Å². The summed E-state index contributed by atoms with van der Waals surface area (Å²) in [6, 6.07) is 0.0756. The highest BCUT2D eigenvalue weighted by Crippen LogP contribution is 2.22. The van der Waals surface area contributed by atoms with Crippen molar-refractivity contribution in [2.24, 2.45) is 0 Å².